The number of nitrogens with zero attached hydrogens (tertiary/aromatic N) is 3. The van der Waals surface area contributed by atoms with E-state index in [-0.39, 0.29) is 11.4 Å². The highest BCUT2D eigenvalue weighted by Crippen LogP contribution is 2.17. The van der Waals surface area contributed by atoms with E-state index in [0.29, 0.717) is 10.9 Å². The highest BCUT2D eigenvalue weighted by atomic mass is 16.4. The van der Waals surface area contributed by atoms with Crippen LogP contribution in [0.1, 0.15) is 5.82 Å². The average Bonchev–Trinajstić information content (AvgIpc) is 2.49. The fourth-order valence-corrected chi connectivity index (χ4v) is 2.17. The smallest absolute Gasteiger partial charge is 0.281 e. The van der Waals surface area contributed by atoms with Crippen LogP contribution in [-0.2, 0) is 0 Å². The quantitative estimate of drug-likeness (QED) is 0.439. The van der Waals surface area contributed by atoms with Gasteiger partial charge in [0.25, 0.3) is 5.56 Å². The molecule has 2 aromatic carbocycles. The SMILES string of the molecule is O=c1nc(C=NO)n(-c2ccccc2)c2ccccc12. The van der Waals surface area contributed by atoms with Crippen molar-refractivity contribution >= 4 is 17.1 Å². The van der Waals surface area contributed by atoms with Crippen molar-refractivity contribution in [2.24, 2.45) is 5.16 Å². The van der Waals surface area contributed by atoms with Crippen LogP contribution >= 0.6 is 0 Å². The Hall–Kier alpha value is -2.95. The molecule has 5 nitrogen and oxygen atoms in total. The van der Waals surface area contributed by atoms with E-state index in [0.717, 1.165) is 11.9 Å². The molecule has 0 unspecified atom stereocenters. The lowest BCUT2D eigenvalue weighted by atomic mass is 10.2. The molecule has 0 fully saturated rings. The molecule has 98 valence electrons. The molecule has 0 radical (unpaired) electrons. The summed E-state index contributed by atoms with van der Waals surface area (Å²) in [6.45, 7) is 0. The van der Waals surface area contributed by atoms with Gasteiger partial charge in [0.15, 0.2) is 5.82 Å². The van der Waals surface area contributed by atoms with Crippen molar-refractivity contribution in [3.05, 3.63) is 70.8 Å². The molecule has 20 heavy (non-hydrogen) atoms. The Morgan fingerprint density at radius 1 is 1.05 bits per heavy atom. The summed E-state index contributed by atoms with van der Waals surface area (Å²) in [4.78, 5) is 16.0. The maximum absolute atomic E-state index is 12.0. The van der Waals surface area contributed by atoms with Crippen molar-refractivity contribution in [1.29, 1.82) is 0 Å². The summed E-state index contributed by atoms with van der Waals surface area (Å²) in [5.74, 6) is 0.280. The van der Waals surface area contributed by atoms with Gasteiger partial charge in [0.05, 0.1) is 10.9 Å². The number of para-hydroxylation sites is 2. The molecule has 3 rings (SSSR count). The van der Waals surface area contributed by atoms with E-state index in [9.17, 15) is 4.79 Å². The van der Waals surface area contributed by atoms with Crippen molar-refractivity contribution in [2.45, 2.75) is 0 Å². The normalized spacial score (nSPS) is 11.2. The van der Waals surface area contributed by atoms with Gasteiger partial charge in [0.2, 0.25) is 0 Å². The highest BCUT2D eigenvalue weighted by molar-refractivity contribution is 5.85. The summed E-state index contributed by atoms with van der Waals surface area (Å²) in [7, 11) is 0. The van der Waals surface area contributed by atoms with Crippen molar-refractivity contribution in [3.63, 3.8) is 0 Å². The maximum Gasteiger partial charge on any atom is 0.281 e. The number of aromatic nitrogens is 2. The molecule has 5 heteroatoms. The molecule has 0 spiro atoms. The molecular formula is C15H11N3O2. The molecule has 0 saturated heterocycles. The predicted molar refractivity (Wildman–Crippen MR) is 76.7 cm³/mol. The van der Waals surface area contributed by atoms with Gasteiger partial charge < -0.3 is 5.21 Å². The number of rotatable bonds is 2. The van der Waals surface area contributed by atoms with Gasteiger partial charge in [0, 0.05) is 5.69 Å². The predicted octanol–water partition coefficient (Wildman–Crippen LogP) is 2.19. The largest absolute Gasteiger partial charge is 0.411 e. The number of fused-ring (bicyclic) bond motifs is 1. The molecule has 0 aliphatic rings. The Morgan fingerprint density at radius 2 is 1.75 bits per heavy atom. The third kappa shape index (κ3) is 1.95. The summed E-state index contributed by atoms with van der Waals surface area (Å²) >= 11 is 0. The molecule has 1 heterocycles. The van der Waals surface area contributed by atoms with Crippen LogP contribution in [0.5, 0.6) is 0 Å². The van der Waals surface area contributed by atoms with Crippen molar-refractivity contribution < 1.29 is 5.21 Å². The van der Waals surface area contributed by atoms with E-state index < -0.39 is 0 Å². The van der Waals surface area contributed by atoms with Crippen LogP contribution in [0.15, 0.2) is 64.5 Å². The van der Waals surface area contributed by atoms with Gasteiger partial charge in [-0.15, -0.1) is 0 Å². The Kier molecular flexibility index (Phi) is 3.01. The third-order valence-corrected chi connectivity index (χ3v) is 3.01. The van der Waals surface area contributed by atoms with Gasteiger partial charge in [-0.3, -0.25) is 9.36 Å². The first-order valence-electron chi connectivity index (χ1n) is 6.06. The Labute approximate surface area is 114 Å². The van der Waals surface area contributed by atoms with Gasteiger partial charge in [-0.2, -0.15) is 4.98 Å². The lowest BCUT2D eigenvalue weighted by molar-refractivity contribution is 0.321. The van der Waals surface area contributed by atoms with Crippen molar-refractivity contribution in [2.75, 3.05) is 0 Å². The second-order valence-corrected chi connectivity index (χ2v) is 4.21. The molecule has 1 N–H and O–H groups in total. The first-order valence-corrected chi connectivity index (χ1v) is 6.06. The fourth-order valence-electron chi connectivity index (χ4n) is 2.17. The molecule has 0 saturated carbocycles. The molecule has 1 aromatic heterocycles. The molecule has 3 aromatic rings. The van der Waals surface area contributed by atoms with E-state index in [1.165, 1.54) is 0 Å². The molecule has 0 aliphatic heterocycles. The van der Waals surface area contributed by atoms with E-state index in [1.807, 2.05) is 42.5 Å². The molecule has 0 atom stereocenters. The van der Waals surface area contributed by atoms with Crippen LogP contribution < -0.4 is 5.56 Å². The van der Waals surface area contributed by atoms with Gasteiger partial charge in [-0.1, -0.05) is 35.5 Å². The van der Waals surface area contributed by atoms with Crippen molar-refractivity contribution in [1.82, 2.24) is 9.55 Å². The standard InChI is InChI=1S/C15H11N3O2/c19-15-12-8-4-5-9-13(12)18(14(17-15)10-16-20)11-6-2-1-3-7-11/h1-10,20H. The zero-order chi connectivity index (χ0) is 13.9. The number of benzene rings is 2. The molecule has 0 bridgehead atoms. The minimum Gasteiger partial charge on any atom is -0.411 e. The van der Waals surface area contributed by atoms with E-state index in [1.54, 1.807) is 16.7 Å². The summed E-state index contributed by atoms with van der Waals surface area (Å²) in [6, 6.07) is 16.7. The molecular weight excluding hydrogens is 254 g/mol. The number of oxime groups is 1. The van der Waals surface area contributed by atoms with Crippen LogP contribution in [-0.4, -0.2) is 21.0 Å². The summed E-state index contributed by atoms with van der Waals surface area (Å²) in [6.07, 6.45) is 1.15. The first kappa shape index (κ1) is 12.1. The van der Waals surface area contributed by atoms with Crippen LogP contribution in [0.3, 0.4) is 0 Å². The minimum absolute atomic E-state index is 0.280. The van der Waals surface area contributed by atoms with Crippen LogP contribution in [0.25, 0.3) is 16.6 Å². The fraction of sp³-hybridized carbons (Fsp3) is 0. The molecule has 0 aliphatic carbocycles. The Bertz CT molecular complexity index is 839. The zero-order valence-electron chi connectivity index (χ0n) is 10.5. The average molecular weight is 265 g/mol. The maximum atomic E-state index is 12.0. The lowest BCUT2D eigenvalue weighted by Crippen LogP contribution is -2.17. The minimum atomic E-state index is -0.345. The van der Waals surface area contributed by atoms with Gasteiger partial charge in [-0.05, 0) is 24.3 Å². The second-order valence-electron chi connectivity index (χ2n) is 4.21. The van der Waals surface area contributed by atoms with E-state index in [4.69, 9.17) is 5.21 Å². The van der Waals surface area contributed by atoms with Gasteiger partial charge in [-0.25, -0.2) is 0 Å². The zero-order valence-corrected chi connectivity index (χ0v) is 10.5. The Morgan fingerprint density at radius 3 is 2.50 bits per heavy atom. The highest BCUT2D eigenvalue weighted by Gasteiger charge is 2.10. The van der Waals surface area contributed by atoms with Crippen molar-refractivity contribution in [3.8, 4) is 5.69 Å². The van der Waals surface area contributed by atoms with E-state index in [2.05, 4.69) is 10.1 Å². The number of hydrogen-bond donors (Lipinski definition) is 1. The third-order valence-electron chi connectivity index (χ3n) is 3.01. The van der Waals surface area contributed by atoms with Crippen LogP contribution in [0, 0.1) is 0 Å². The van der Waals surface area contributed by atoms with E-state index >= 15 is 0 Å². The van der Waals surface area contributed by atoms with Gasteiger partial charge in [0.1, 0.15) is 6.21 Å². The summed E-state index contributed by atoms with van der Waals surface area (Å²) < 4.78 is 1.77. The summed E-state index contributed by atoms with van der Waals surface area (Å²) in [5.41, 5.74) is 1.21. The topological polar surface area (TPSA) is 67.5 Å². The number of hydrogen-bond acceptors (Lipinski definition) is 4. The van der Waals surface area contributed by atoms with Crippen LogP contribution in [0.2, 0.25) is 0 Å². The Balaban J connectivity index is 2.47. The first-order chi connectivity index (χ1) is 9.81. The molecule has 0 amide bonds. The second kappa shape index (κ2) is 4.97. The lowest BCUT2D eigenvalue weighted by Gasteiger charge is -2.13. The van der Waals surface area contributed by atoms with Crippen LogP contribution in [0.4, 0.5) is 0 Å². The summed E-state index contributed by atoms with van der Waals surface area (Å²) in [5, 5.41) is 12.3. The monoisotopic (exact) mass is 265 g/mol. The van der Waals surface area contributed by atoms with Gasteiger partial charge >= 0.3 is 0 Å².